The van der Waals surface area contributed by atoms with Gasteiger partial charge in [-0.1, -0.05) is 102 Å². The molecule has 0 bridgehead atoms. The van der Waals surface area contributed by atoms with E-state index in [0.717, 1.165) is 46.6 Å². The van der Waals surface area contributed by atoms with E-state index in [-0.39, 0.29) is 30.5 Å². The SMILES string of the molecule is CCCCCCCOc1ccc(-c2cnc(-c3ccc(C[C@@H](CN[C@@H](CN)C(=O)O)NC(=O)c4ccc(C(C)(C)C)cc4)cc3)nc2)cc1. The Morgan fingerprint density at radius 1 is 0.837 bits per heavy atom. The summed E-state index contributed by atoms with van der Waals surface area (Å²) in [6, 6.07) is 22.2. The molecule has 4 rings (SSSR count). The average Bonchev–Trinajstić information content (AvgIpc) is 3.10. The number of amides is 1. The fraction of sp³-hybridized carbons (Fsp3) is 0.400. The van der Waals surface area contributed by atoms with Gasteiger partial charge in [0.1, 0.15) is 11.8 Å². The average molecular weight is 666 g/mol. The summed E-state index contributed by atoms with van der Waals surface area (Å²) < 4.78 is 5.90. The maximum Gasteiger partial charge on any atom is 0.322 e. The molecule has 0 fully saturated rings. The third-order valence-electron chi connectivity index (χ3n) is 8.54. The normalized spacial score (nSPS) is 12.7. The van der Waals surface area contributed by atoms with Crippen LogP contribution in [0.3, 0.4) is 0 Å². The highest BCUT2D eigenvalue weighted by molar-refractivity contribution is 5.94. The largest absolute Gasteiger partial charge is 0.494 e. The molecular formula is C40H51N5O4. The minimum atomic E-state index is -1.03. The topological polar surface area (TPSA) is 139 Å². The lowest BCUT2D eigenvalue weighted by Crippen LogP contribution is -2.50. The summed E-state index contributed by atoms with van der Waals surface area (Å²) in [5.41, 5.74) is 11.1. The number of nitrogens with two attached hydrogens (primary N) is 1. The third kappa shape index (κ3) is 11.5. The predicted molar refractivity (Wildman–Crippen MR) is 196 cm³/mol. The second-order valence-electron chi connectivity index (χ2n) is 13.5. The van der Waals surface area contributed by atoms with Crippen molar-refractivity contribution in [3.63, 3.8) is 0 Å². The Balaban J connectivity index is 1.38. The zero-order valence-electron chi connectivity index (χ0n) is 29.2. The molecule has 0 saturated heterocycles. The van der Waals surface area contributed by atoms with Crippen LogP contribution in [0.25, 0.3) is 22.5 Å². The van der Waals surface area contributed by atoms with Crippen LogP contribution in [0.2, 0.25) is 0 Å². The number of carboxylic acids is 1. The molecule has 5 N–H and O–H groups in total. The van der Waals surface area contributed by atoms with Crippen LogP contribution in [0, 0.1) is 0 Å². The number of hydrogen-bond donors (Lipinski definition) is 4. The van der Waals surface area contributed by atoms with Gasteiger partial charge in [0.25, 0.3) is 5.91 Å². The molecule has 9 nitrogen and oxygen atoms in total. The molecule has 0 saturated carbocycles. The number of rotatable bonds is 18. The van der Waals surface area contributed by atoms with Crippen LogP contribution < -0.4 is 21.1 Å². The first-order valence-electron chi connectivity index (χ1n) is 17.3. The second-order valence-corrected chi connectivity index (χ2v) is 13.5. The summed E-state index contributed by atoms with van der Waals surface area (Å²) in [5, 5.41) is 15.5. The van der Waals surface area contributed by atoms with Crippen molar-refractivity contribution in [1.82, 2.24) is 20.6 Å². The van der Waals surface area contributed by atoms with Gasteiger partial charge in [-0.3, -0.25) is 9.59 Å². The van der Waals surface area contributed by atoms with Gasteiger partial charge in [-0.05, 0) is 59.2 Å². The highest BCUT2D eigenvalue weighted by Gasteiger charge is 2.21. The number of carbonyl (C=O) groups excluding carboxylic acids is 1. The molecule has 0 aliphatic carbocycles. The monoisotopic (exact) mass is 665 g/mol. The summed E-state index contributed by atoms with van der Waals surface area (Å²) in [6.45, 7) is 9.50. The minimum Gasteiger partial charge on any atom is -0.494 e. The quantitative estimate of drug-likeness (QED) is 0.0852. The van der Waals surface area contributed by atoms with Crippen LogP contribution in [0.4, 0.5) is 0 Å². The van der Waals surface area contributed by atoms with E-state index in [1.54, 1.807) is 0 Å². The van der Waals surface area contributed by atoms with Crippen LogP contribution in [-0.4, -0.2) is 58.7 Å². The van der Waals surface area contributed by atoms with Gasteiger partial charge in [0.2, 0.25) is 0 Å². The first kappa shape index (κ1) is 37.2. The molecule has 2 atom stereocenters. The fourth-order valence-corrected chi connectivity index (χ4v) is 5.46. The summed E-state index contributed by atoms with van der Waals surface area (Å²) >= 11 is 0. The summed E-state index contributed by atoms with van der Waals surface area (Å²) in [4.78, 5) is 34.0. The first-order valence-corrected chi connectivity index (χ1v) is 17.3. The smallest absolute Gasteiger partial charge is 0.322 e. The Morgan fingerprint density at radius 2 is 1.47 bits per heavy atom. The van der Waals surface area contributed by atoms with E-state index in [4.69, 9.17) is 10.5 Å². The molecule has 49 heavy (non-hydrogen) atoms. The van der Waals surface area contributed by atoms with Crippen molar-refractivity contribution in [2.24, 2.45) is 5.73 Å². The Bertz CT molecular complexity index is 1600. The van der Waals surface area contributed by atoms with E-state index in [1.807, 2.05) is 85.2 Å². The van der Waals surface area contributed by atoms with Crippen LogP contribution in [0.1, 0.15) is 81.3 Å². The molecule has 3 aromatic carbocycles. The van der Waals surface area contributed by atoms with E-state index >= 15 is 0 Å². The van der Waals surface area contributed by atoms with Crippen molar-refractivity contribution in [1.29, 1.82) is 0 Å². The standard InChI is InChI=1S/C40H51N5O4/c1-5-6-7-8-9-22-49-35-20-16-29(17-21-35)32-25-43-37(44-26-32)30-12-10-28(11-13-30)23-34(27-42-36(24-41)39(47)48)45-38(46)31-14-18-33(19-15-31)40(2,3)4/h10-21,25-26,34,36,42H,5-9,22-24,27,41H2,1-4H3,(H,45,46)(H,47,48)/t34-,36-/m0/s1. The zero-order valence-corrected chi connectivity index (χ0v) is 29.2. The number of nitrogens with one attached hydrogen (secondary N) is 2. The maximum absolute atomic E-state index is 13.2. The number of aliphatic carboxylic acids is 1. The fourth-order valence-electron chi connectivity index (χ4n) is 5.46. The minimum absolute atomic E-state index is 0.0243. The van der Waals surface area contributed by atoms with Crippen LogP contribution in [0.15, 0.2) is 85.2 Å². The molecule has 1 amide bonds. The Kier molecular flexibility index (Phi) is 13.9. The highest BCUT2D eigenvalue weighted by atomic mass is 16.5. The Hall–Kier alpha value is -4.60. The molecule has 9 heteroatoms. The van der Waals surface area contributed by atoms with Gasteiger partial charge in [-0.2, -0.15) is 0 Å². The van der Waals surface area contributed by atoms with E-state index < -0.39 is 12.0 Å². The van der Waals surface area contributed by atoms with Crippen LogP contribution in [-0.2, 0) is 16.6 Å². The molecule has 1 aromatic heterocycles. The number of carboxylic acid groups (broad SMARTS) is 1. The molecule has 0 unspecified atom stereocenters. The molecule has 0 spiro atoms. The van der Waals surface area contributed by atoms with Crippen molar-refractivity contribution >= 4 is 11.9 Å². The molecule has 4 aromatic rings. The Labute approximate surface area is 290 Å². The zero-order chi connectivity index (χ0) is 35.2. The van der Waals surface area contributed by atoms with Gasteiger partial charge in [-0.15, -0.1) is 0 Å². The van der Waals surface area contributed by atoms with Crippen molar-refractivity contribution in [2.45, 2.75) is 83.7 Å². The number of aromatic nitrogens is 2. The van der Waals surface area contributed by atoms with Gasteiger partial charge in [0.05, 0.1) is 6.61 Å². The first-order chi connectivity index (χ1) is 23.6. The summed E-state index contributed by atoms with van der Waals surface area (Å²) in [5.74, 6) is 0.216. The molecule has 0 aliphatic heterocycles. The molecule has 260 valence electrons. The van der Waals surface area contributed by atoms with Crippen LogP contribution in [0.5, 0.6) is 5.75 Å². The van der Waals surface area contributed by atoms with E-state index in [1.165, 1.54) is 25.7 Å². The van der Waals surface area contributed by atoms with Gasteiger partial charge in [0, 0.05) is 48.2 Å². The van der Waals surface area contributed by atoms with Crippen molar-refractivity contribution in [3.8, 4) is 28.3 Å². The van der Waals surface area contributed by atoms with Crippen molar-refractivity contribution < 1.29 is 19.4 Å². The number of carbonyl (C=O) groups is 2. The number of benzene rings is 3. The molecule has 0 aliphatic rings. The van der Waals surface area contributed by atoms with Crippen LogP contribution >= 0.6 is 0 Å². The molecule has 1 heterocycles. The Morgan fingerprint density at radius 3 is 2.06 bits per heavy atom. The van der Waals surface area contributed by atoms with Gasteiger partial charge in [0.15, 0.2) is 5.82 Å². The van der Waals surface area contributed by atoms with Crippen molar-refractivity contribution in [3.05, 3.63) is 102 Å². The maximum atomic E-state index is 13.2. The van der Waals surface area contributed by atoms with Gasteiger partial charge < -0.3 is 26.2 Å². The summed E-state index contributed by atoms with van der Waals surface area (Å²) in [6.07, 6.45) is 10.2. The van der Waals surface area contributed by atoms with Gasteiger partial charge in [-0.25, -0.2) is 9.97 Å². The lowest BCUT2D eigenvalue weighted by molar-refractivity contribution is -0.139. The number of ether oxygens (including phenoxy) is 1. The van der Waals surface area contributed by atoms with Crippen molar-refractivity contribution in [2.75, 3.05) is 19.7 Å². The number of hydrogen-bond acceptors (Lipinski definition) is 7. The van der Waals surface area contributed by atoms with E-state index in [2.05, 4.69) is 48.3 Å². The second kappa shape index (κ2) is 18.2. The van der Waals surface area contributed by atoms with E-state index in [9.17, 15) is 14.7 Å². The van der Waals surface area contributed by atoms with E-state index in [0.29, 0.717) is 17.8 Å². The van der Waals surface area contributed by atoms with Gasteiger partial charge >= 0.3 is 5.97 Å². The third-order valence-corrected chi connectivity index (χ3v) is 8.54. The summed E-state index contributed by atoms with van der Waals surface area (Å²) in [7, 11) is 0. The molecule has 0 radical (unpaired) electrons. The number of nitrogens with zero attached hydrogens (tertiary/aromatic N) is 2. The lowest BCUT2D eigenvalue weighted by atomic mass is 9.86. The predicted octanol–water partition coefficient (Wildman–Crippen LogP) is 6.80. The lowest BCUT2D eigenvalue weighted by Gasteiger charge is -2.23. The highest BCUT2D eigenvalue weighted by Crippen LogP contribution is 2.24. The number of unbranched alkanes of at least 4 members (excludes halogenated alkanes) is 4. The molecular weight excluding hydrogens is 614 g/mol.